The summed E-state index contributed by atoms with van der Waals surface area (Å²) in [6.07, 6.45) is 15.2. The third-order valence-corrected chi connectivity index (χ3v) is 5.14. The summed E-state index contributed by atoms with van der Waals surface area (Å²) in [4.78, 5) is 1.54. The van der Waals surface area contributed by atoms with Gasteiger partial charge in [0, 0.05) is 10.9 Å². The Balaban J connectivity index is 2.03. The molecule has 1 rings (SSSR count). The molecule has 0 saturated heterocycles. The Hall–Kier alpha value is -0.340. The highest BCUT2D eigenvalue weighted by Crippen LogP contribution is 2.16. The Labute approximate surface area is 136 Å². The van der Waals surface area contributed by atoms with Crippen LogP contribution in [0.4, 0.5) is 0 Å². The van der Waals surface area contributed by atoms with Crippen molar-refractivity contribution in [3.8, 4) is 0 Å². The first-order valence-corrected chi connectivity index (χ1v) is 10.0. The number of unbranched alkanes of at least 4 members (excludes halogenated alkanes) is 6. The highest BCUT2D eigenvalue weighted by molar-refractivity contribution is 7.09. The van der Waals surface area contributed by atoms with Crippen LogP contribution in [0.2, 0.25) is 0 Å². The van der Waals surface area contributed by atoms with Gasteiger partial charge >= 0.3 is 0 Å². The first-order valence-electron chi connectivity index (χ1n) is 9.12. The zero-order valence-corrected chi connectivity index (χ0v) is 15.0. The molecule has 0 spiro atoms. The summed E-state index contributed by atoms with van der Waals surface area (Å²) in [5.74, 6) is 0. The third-order valence-electron chi connectivity index (χ3n) is 4.20. The molecule has 0 bridgehead atoms. The van der Waals surface area contributed by atoms with Crippen LogP contribution < -0.4 is 5.32 Å². The second-order valence-corrected chi connectivity index (χ2v) is 7.17. The molecule has 1 unspecified atom stereocenters. The van der Waals surface area contributed by atoms with E-state index < -0.39 is 0 Å². The summed E-state index contributed by atoms with van der Waals surface area (Å²) in [6, 6.07) is 5.18. The van der Waals surface area contributed by atoms with Crippen molar-refractivity contribution in [2.45, 2.75) is 90.5 Å². The van der Waals surface area contributed by atoms with E-state index in [-0.39, 0.29) is 0 Å². The maximum Gasteiger partial charge on any atom is 0.00670 e. The van der Waals surface area contributed by atoms with E-state index in [0.29, 0.717) is 0 Å². The van der Waals surface area contributed by atoms with Crippen molar-refractivity contribution in [3.63, 3.8) is 0 Å². The van der Waals surface area contributed by atoms with Crippen molar-refractivity contribution in [2.75, 3.05) is 6.54 Å². The standard InChI is InChI=1S/C19H35NS/c1-3-5-6-7-8-9-10-13-18(20-4-2)14-11-15-19-16-12-17-21-19/h12,16-18,20H,3-11,13-15H2,1-2H3. The minimum atomic E-state index is 0.741. The molecule has 0 fully saturated rings. The Kier molecular flexibility index (Phi) is 11.9. The van der Waals surface area contributed by atoms with Gasteiger partial charge in [0.15, 0.2) is 0 Å². The van der Waals surface area contributed by atoms with E-state index in [0.717, 1.165) is 12.6 Å². The quantitative estimate of drug-likeness (QED) is 0.404. The van der Waals surface area contributed by atoms with Crippen LogP contribution in [0.25, 0.3) is 0 Å². The van der Waals surface area contributed by atoms with Gasteiger partial charge in [0.2, 0.25) is 0 Å². The second kappa shape index (κ2) is 13.3. The zero-order chi connectivity index (χ0) is 15.2. The molecule has 0 saturated carbocycles. The minimum Gasteiger partial charge on any atom is -0.314 e. The first kappa shape index (κ1) is 18.7. The van der Waals surface area contributed by atoms with Gasteiger partial charge in [0.1, 0.15) is 0 Å². The van der Waals surface area contributed by atoms with Crippen LogP contribution in [-0.4, -0.2) is 12.6 Å². The van der Waals surface area contributed by atoms with E-state index in [1.165, 1.54) is 70.6 Å². The van der Waals surface area contributed by atoms with Crippen LogP contribution in [0.1, 0.15) is 82.9 Å². The summed E-state index contributed by atoms with van der Waals surface area (Å²) in [5.41, 5.74) is 0. The number of hydrogen-bond donors (Lipinski definition) is 1. The van der Waals surface area contributed by atoms with E-state index in [1.807, 2.05) is 11.3 Å². The predicted octanol–water partition coefficient (Wildman–Crippen LogP) is 6.19. The molecule has 1 nitrogen and oxygen atoms in total. The lowest BCUT2D eigenvalue weighted by molar-refractivity contribution is 0.429. The number of rotatable bonds is 14. The van der Waals surface area contributed by atoms with Crippen molar-refractivity contribution in [3.05, 3.63) is 22.4 Å². The first-order chi connectivity index (χ1) is 10.4. The molecule has 21 heavy (non-hydrogen) atoms. The average molecular weight is 310 g/mol. The number of hydrogen-bond acceptors (Lipinski definition) is 2. The van der Waals surface area contributed by atoms with Gasteiger partial charge in [0.25, 0.3) is 0 Å². The van der Waals surface area contributed by atoms with Crippen molar-refractivity contribution in [1.82, 2.24) is 5.32 Å². The monoisotopic (exact) mass is 309 g/mol. The van der Waals surface area contributed by atoms with Gasteiger partial charge in [-0.05, 0) is 43.7 Å². The molecule has 1 aromatic rings. The molecule has 1 aromatic heterocycles. The maximum absolute atomic E-state index is 3.68. The van der Waals surface area contributed by atoms with E-state index in [4.69, 9.17) is 0 Å². The van der Waals surface area contributed by atoms with Crippen LogP contribution in [0.15, 0.2) is 17.5 Å². The largest absolute Gasteiger partial charge is 0.314 e. The fourth-order valence-corrected chi connectivity index (χ4v) is 3.71. The molecule has 0 aliphatic carbocycles. The summed E-state index contributed by atoms with van der Waals surface area (Å²) >= 11 is 1.90. The molecular weight excluding hydrogens is 274 g/mol. The van der Waals surface area contributed by atoms with Crippen molar-refractivity contribution < 1.29 is 0 Å². The van der Waals surface area contributed by atoms with Gasteiger partial charge < -0.3 is 5.32 Å². The SMILES string of the molecule is CCCCCCCCCC(CCCc1cccs1)NCC. The Morgan fingerprint density at radius 1 is 0.952 bits per heavy atom. The Bertz CT molecular complexity index is 307. The normalized spacial score (nSPS) is 12.7. The third kappa shape index (κ3) is 10.1. The lowest BCUT2D eigenvalue weighted by Crippen LogP contribution is -2.28. The van der Waals surface area contributed by atoms with E-state index in [9.17, 15) is 0 Å². The van der Waals surface area contributed by atoms with E-state index in [2.05, 4.69) is 36.7 Å². The van der Waals surface area contributed by atoms with Gasteiger partial charge in [0.05, 0.1) is 0 Å². The smallest absolute Gasteiger partial charge is 0.00670 e. The highest BCUT2D eigenvalue weighted by atomic mass is 32.1. The summed E-state index contributed by atoms with van der Waals surface area (Å²) in [7, 11) is 0. The zero-order valence-electron chi connectivity index (χ0n) is 14.2. The predicted molar refractivity (Wildman–Crippen MR) is 97.3 cm³/mol. The average Bonchev–Trinajstić information content (AvgIpc) is 2.99. The number of nitrogens with one attached hydrogen (secondary N) is 1. The van der Waals surface area contributed by atoms with Crippen molar-refractivity contribution in [1.29, 1.82) is 0 Å². The van der Waals surface area contributed by atoms with Gasteiger partial charge in [-0.1, -0.05) is 64.9 Å². The minimum absolute atomic E-state index is 0.741. The van der Waals surface area contributed by atoms with Gasteiger partial charge in [-0.3, -0.25) is 0 Å². The van der Waals surface area contributed by atoms with Gasteiger partial charge in [-0.2, -0.15) is 0 Å². The van der Waals surface area contributed by atoms with Crippen LogP contribution in [0.5, 0.6) is 0 Å². The Morgan fingerprint density at radius 3 is 2.33 bits per heavy atom. The second-order valence-electron chi connectivity index (χ2n) is 6.14. The van der Waals surface area contributed by atoms with Crippen LogP contribution in [0, 0.1) is 0 Å². The number of thiophene rings is 1. The fraction of sp³-hybridized carbons (Fsp3) is 0.789. The highest BCUT2D eigenvalue weighted by Gasteiger charge is 2.07. The molecule has 0 aliphatic heterocycles. The van der Waals surface area contributed by atoms with Crippen molar-refractivity contribution in [2.24, 2.45) is 0 Å². The molecular formula is C19H35NS. The van der Waals surface area contributed by atoms with Crippen molar-refractivity contribution >= 4 is 11.3 Å². The molecule has 0 radical (unpaired) electrons. The van der Waals surface area contributed by atoms with Crippen LogP contribution in [0.3, 0.4) is 0 Å². The molecule has 2 heteroatoms. The summed E-state index contributed by atoms with van der Waals surface area (Å²) in [6.45, 7) is 5.63. The Morgan fingerprint density at radius 2 is 1.67 bits per heavy atom. The lowest BCUT2D eigenvalue weighted by Gasteiger charge is -2.17. The topological polar surface area (TPSA) is 12.0 Å². The molecule has 0 amide bonds. The lowest BCUT2D eigenvalue weighted by atomic mass is 10.0. The number of aryl methyl sites for hydroxylation is 1. The van der Waals surface area contributed by atoms with Crippen LogP contribution >= 0.6 is 11.3 Å². The summed E-state index contributed by atoms with van der Waals surface area (Å²) < 4.78 is 0. The van der Waals surface area contributed by atoms with Gasteiger partial charge in [-0.15, -0.1) is 11.3 Å². The molecule has 0 aromatic carbocycles. The van der Waals surface area contributed by atoms with E-state index >= 15 is 0 Å². The maximum atomic E-state index is 3.68. The molecule has 1 atom stereocenters. The van der Waals surface area contributed by atoms with Gasteiger partial charge in [-0.25, -0.2) is 0 Å². The molecule has 1 N–H and O–H groups in total. The molecule has 122 valence electrons. The van der Waals surface area contributed by atoms with Crippen LogP contribution in [-0.2, 0) is 6.42 Å². The van der Waals surface area contributed by atoms with E-state index in [1.54, 1.807) is 4.88 Å². The summed E-state index contributed by atoms with van der Waals surface area (Å²) in [5, 5.41) is 5.87. The fourth-order valence-electron chi connectivity index (χ4n) is 2.96. The molecule has 1 heterocycles. The molecule has 0 aliphatic rings.